The minimum Gasteiger partial charge on any atom is -0.459 e. The van der Waals surface area contributed by atoms with E-state index in [0.29, 0.717) is 5.52 Å². The number of nitrogens with one attached hydrogen (secondary N) is 1. The van der Waals surface area contributed by atoms with Gasteiger partial charge in [0.05, 0.1) is 10.2 Å². The van der Waals surface area contributed by atoms with E-state index in [1.54, 1.807) is 52.8 Å². The third-order valence-electron chi connectivity index (χ3n) is 3.11. The Labute approximate surface area is 146 Å². The minimum absolute atomic E-state index is 0.0575. The Hall–Kier alpha value is -1.51. The molecule has 1 atom stereocenters. The molecular weight excluding hydrogens is 348 g/mol. The summed E-state index contributed by atoms with van der Waals surface area (Å²) < 4.78 is 33.7. The molecule has 0 fully saturated rings. The first-order valence-electron chi connectivity index (χ1n) is 7.60. The van der Waals surface area contributed by atoms with E-state index in [1.165, 1.54) is 0 Å². The van der Waals surface area contributed by atoms with Gasteiger partial charge >= 0.3 is 5.97 Å². The number of thiazole rings is 1. The molecule has 0 bridgehead atoms. The zero-order valence-electron chi connectivity index (χ0n) is 14.4. The molecule has 0 saturated carbocycles. The van der Waals surface area contributed by atoms with Gasteiger partial charge in [-0.3, -0.25) is 4.79 Å². The van der Waals surface area contributed by atoms with Crippen molar-refractivity contribution in [3.63, 3.8) is 0 Å². The molecule has 6 nitrogen and oxygen atoms in total. The fourth-order valence-electron chi connectivity index (χ4n) is 2.01. The number of ether oxygens (including phenoxy) is 1. The predicted octanol–water partition coefficient (Wildman–Crippen LogP) is 2.94. The molecule has 0 unspecified atom stereocenters. The number of hydrogen-bond donors (Lipinski definition) is 1. The molecular formula is C16H22N2O4S2. The number of carbonyl (C=O) groups excluding carboxylic acids is 1. The van der Waals surface area contributed by atoms with Crippen LogP contribution in [0.3, 0.4) is 0 Å². The highest BCUT2D eigenvalue weighted by atomic mass is 32.2. The van der Waals surface area contributed by atoms with E-state index >= 15 is 0 Å². The van der Waals surface area contributed by atoms with Crippen LogP contribution in [0.2, 0.25) is 0 Å². The first-order chi connectivity index (χ1) is 11.0. The molecule has 1 aromatic carbocycles. The van der Waals surface area contributed by atoms with Crippen molar-refractivity contribution in [3.05, 3.63) is 24.3 Å². The van der Waals surface area contributed by atoms with Crippen LogP contribution in [0.25, 0.3) is 10.2 Å². The van der Waals surface area contributed by atoms with E-state index in [4.69, 9.17) is 4.74 Å². The molecule has 132 valence electrons. The number of hydrogen-bond acceptors (Lipinski definition) is 6. The third kappa shape index (κ3) is 4.52. The molecule has 0 amide bonds. The number of rotatable bonds is 5. The van der Waals surface area contributed by atoms with Gasteiger partial charge in [-0.25, -0.2) is 13.4 Å². The highest BCUT2D eigenvalue weighted by molar-refractivity contribution is 7.91. The number of nitrogens with zero attached hydrogens (tertiary/aromatic N) is 1. The van der Waals surface area contributed by atoms with Gasteiger partial charge in [0.15, 0.2) is 0 Å². The van der Waals surface area contributed by atoms with Crippen LogP contribution in [0, 0.1) is 5.92 Å². The predicted molar refractivity (Wildman–Crippen MR) is 94.4 cm³/mol. The zero-order chi connectivity index (χ0) is 18.1. The molecule has 1 N–H and O–H groups in total. The van der Waals surface area contributed by atoms with Gasteiger partial charge in [0.25, 0.3) is 10.0 Å². The van der Waals surface area contributed by atoms with Crippen LogP contribution < -0.4 is 4.72 Å². The van der Waals surface area contributed by atoms with Crippen molar-refractivity contribution in [2.75, 3.05) is 0 Å². The van der Waals surface area contributed by atoms with Crippen molar-refractivity contribution in [1.29, 1.82) is 0 Å². The highest BCUT2D eigenvalue weighted by Crippen LogP contribution is 2.25. The second kappa shape index (κ2) is 6.78. The summed E-state index contributed by atoms with van der Waals surface area (Å²) in [6.45, 7) is 8.74. The van der Waals surface area contributed by atoms with Gasteiger partial charge in [-0.1, -0.05) is 26.0 Å². The lowest BCUT2D eigenvalue weighted by Crippen LogP contribution is -2.47. The van der Waals surface area contributed by atoms with Crippen molar-refractivity contribution in [1.82, 2.24) is 9.71 Å². The minimum atomic E-state index is -3.91. The number of carbonyl (C=O) groups is 1. The Morgan fingerprint density at radius 3 is 2.42 bits per heavy atom. The van der Waals surface area contributed by atoms with Gasteiger partial charge < -0.3 is 4.74 Å². The number of sulfonamides is 1. The standard InChI is InChI=1S/C16H22N2O4S2/c1-10(2)13(14(19)22-16(3,4)5)18-24(20,21)15-17-11-8-6-7-9-12(11)23-15/h6-10,13,18H,1-5H3/t13-/m0/s1. The van der Waals surface area contributed by atoms with E-state index in [1.807, 2.05) is 6.07 Å². The molecule has 0 aliphatic rings. The number of fused-ring (bicyclic) bond motifs is 1. The molecule has 24 heavy (non-hydrogen) atoms. The average Bonchev–Trinajstić information content (AvgIpc) is 2.87. The normalized spacial score (nSPS) is 14.1. The molecule has 0 aliphatic carbocycles. The Balaban J connectivity index is 2.28. The Morgan fingerprint density at radius 2 is 1.88 bits per heavy atom. The van der Waals surface area contributed by atoms with Crippen molar-refractivity contribution in [2.24, 2.45) is 5.92 Å². The Bertz CT molecular complexity index is 802. The smallest absolute Gasteiger partial charge is 0.324 e. The fraction of sp³-hybridized carbons (Fsp3) is 0.500. The molecule has 0 spiro atoms. The highest BCUT2D eigenvalue weighted by Gasteiger charge is 2.33. The molecule has 0 radical (unpaired) electrons. The van der Waals surface area contributed by atoms with E-state index in [-0.39, 0.29) is 10.3 Å². The molecule has 8 heteroatoms. The fourth-order valence-corrected chi connectivity index (χ4v) is 4.58. The van der Waals surface area contributed by atoms with Gasteiger partial charge in [0.1, 0.15) is 11.6 Å². The summed E-state index contributed by atoms with van der Waals surface area (Å²) in [6, 6.07) is 6.20. The first-order valence-corrected chi connectivity index (χ1v) is 9.90. The zero-order valence-corrected chi connectivity index (χ0v) is 16.0. The lowest BCUT2D eigenvalue weighted by Gasteiger charge is -2.26. The van der Waals surface area contributed by atoms with Gasteiger partial charge in [-0.2, -0.15) is 4.72 Å². The average molecular weight is 370 g/mol. The first kappa shape index (κ1) is 18.8. The lowest BCUT2D eigenvalue weighted by molar-refractivity contribution is -0.158. The van der Waals surface area contributed by atoms with Crippen LogP contribution in [0.15, 0.2) is 28.6 Å². The molecule has 2 rings (SSSR count). The summed E-state index contributed by atoms with van der Waals surface area (Å²) in [4.78, 5) is 16.5. The number of aromatic nitrogens is 1. The summed E-state index contributed by atoms with van der Waals surface area (Å²) in [5.41, 5.74) is -0.0767. The monoisotopic (exact) mass is 370 g/mol. The summed E-state index contributed by atoms with van der Waals surface area (Å²) in [5, 5.41) is 0. The van der Waals surface area contributed by atoms with E-state index in [0.717, 1.165) is 16.0 Å². The van der Waals surface area contributed by atoms with Crippen molar-refractivity contribution >= 4 is 37.5 Å². The van der Waals surface area contributed by atoms with Crippen molar-refractivity contribution in [3.8, 4) is 0 Å². The van der Waals surface area contributed by atoms with Gasteiger partial charge in [-0.15, -0.1) is 11.3 Å². The topological polar surface area (TPSA) is 85.4 Å². The van der Waals surface area contributed by atoms with Gasteiger partial charge in [0, 0.05) is 0 Å². The second-order valence-electron chi connectivity index (χ2n) is 6.82. The van der Waals surface area contributed by atoms with Crippen LogP contribution in [0.5, 0.6) is 0 Å². The quantitative estimate of drug-likeness (QED) is 0.818. The molecule has 0 aliphatic heterocycles. The number of benzene rings is 1. The summed E-state index contributed by atoms with van der Waals surface area (Å²) >= 11 is 1.07. The van der Waals surface area contributed by atoms with E-state index < -0.39 is 27.6 Å². The van der Waals surface area contributed by atoms with Crippen molar-refractivity contribution in [2.45, 2.75) is 50.6 Å². The summed E-state index contributed by atoms with van der Waals surface area (Å²) in [6.07, 6.45) is 0. The second-order valence-corrected chi connectivity index (χ2v) is 9.74. The lowest BCUT2D eigenvalue weighted by atomic mass is 10.1. The third-order valence-corrected chi connectivity index (χ3v) is 5.97. The van der Waals surface area contributed by atoms with Gasteiger partial charge in [0.2, 0.25) is 4.34 Å². The summed E-state index contributed by atoms with van der Waals surface area (Å²) in [7, 11) is -3.91. The SMILES string of the molecule is CC(C)[C@H](NS(=O)(=O)c1nc2ccccc2s1)C(=O)OC(C)(C)C. The molecule has 1 aromatic heterocycles. The molecule has 2 aromatic rings. The van der Waals surface area contributed by atoms with Gasteiger partial charge in [-0.05, 0) is 38.8 Å². The van der Waals surface area contributed by atoms with Crippen LogP contribution >= 0.6 is 11.3 Å². The van der Waals surface area contributed by atoms with Crippen LogP contribution in [-0.4, -0.2) is 31.0 Å². The van der Waals surface area contributed by atoms with Crippen molar-refractivity contribution < 1.29 is 17.9 Å². The molecule has 1 heterocycles. The maximum Gasteiger partial charge on any atom is 0.324 e. The Morgan fingerprint density at radius 1 is 1.25 bits per heavy atom. The van der Waals surface area contributed by atoms with Crippen LogP contribution in [-0.2, 0) is 19.6 Å². The largest absolute Gasteiger partial charge is 0.459 e. The number of para-hydroxylation sites is 1. The van der Waals surface area contributed by atoms with E-state index in [2.05, 4.69) is 9.71 Å². The summed E-state index contributed by atoms with van der Waals surface area (Å²) in [5.74, 6) is -0.855. The Kier molecular flexibility index (Phi) is 5.31. The number of esters is 1. The maximum atomic E-state index is 12.6. The van der Waals surface area contributed by atoms with E-state index in [9.17, 15) is 13.2 Å². The van der Waals surface area contributed by atoms with Crippen LogP contribution in [0.1, 0.15) is 34.6 Å². The van der Waals surface area contributed by atoms with Crippen LogP contribution in [0.4, 0.5) is 0 Å². The molecule has 0 saturated heterocycles. The maximum absolute atomic E-state index is 12.6.